The van der Waals surface area contributed by atoms with Gasteiger partial charge in [0, 0.05) is 12.4 Å². The van der Waals surface area contributed by atoms with E-state index in [1.54, 1.807) is 18.0 Å². The summed E-state index contributed by atoms with van der Waals surface area (Å²) in [5.41, 5.74) is 2.06. The summed E-state index contributed by atoms with van der Waals surface area (Å²) in [7, 11) is 0. The zero-order valence-electron chi connectivity index (χ0n) is 11.9. The quantitative estimate of drug-likeness (QED) is 0.920. The number of carbonyl (C=O) groups excluding carboxylic acids is 1. The summed E-state index contributed by atoms with van der Waals surface area (Å²) in [6.45, 7) is 3.90. The molecule has 20 heavy (non-hydrogen) atoms. The van der Waals surface area contributed by atoms with Crippen LogP contribution in [0.25, 0.3) is 5.69 Å². The molecule has 2 atom stereocenters. The molecular weight excluding hydrogens is 270 g/mol. The number of aromatic nitrogens is 2. The SMILES string of the molecule is CS[C@H](C)C(=O)N[C@H](C)c1cccc(-n2cccn2)c1. The molecule has 0 saturated carbocycles. The van der Waals surface area contributed by atoms with Crippen molar-refractivity contribution in [3.8, 4) is 5.69 Å². The van der Waals surface area contributed by atoms with Crippen LogP contribution < -0.4 is 5.32 Å². The lowest BCUT2D eigenvalue weighted by Gasteiger charge is -2.17. The molecule has 2 rings (SSSR count). The van der Waals surface area contributed by atoms with Gasteiger partial charge in [0.15, 0.2) is 0 Å². The smallest absolute Gasteiger partial charge is 0.233 e. The van der Waals surface area contributed by atoms with Gasteiger partial charge in [0.1, 0.15) is 0 Å². The van der Waals surface area contributed by atoms with Gasteiger partial charge < -0.3 is 5.32 Å². The minimum atomic E-state index is -0.0354. The summed E-state index contributed by atoms with van der Waals surface area (Å²) >= 11 is 1.55. The Morgan fingerprint density at radius 2 is 2.15 bits per heavy atom. The van der Waals surface area contributed by atoms with E-state index in [2.05, 4.69) is 10.4 Å². The number of amides is 1. The number of hydrogen-bond donors (Lipinski definition) is 1. The van der Waals surface area contributed by atoms with Gasteiger partial charge in [-0.25, -0.2) is 4.68 Å². The van der Waals surface area contributed by atoms with Crippen LogP contribution in [0, 0.1) is 0 Å². The van der Waals surface area contributed by atoms with Crippen LogP contribution in [0.2, 0.25) is 0 Å². The summed E-state index contributed by atoms with van der Waals surface area (Å²) in [6.07, 6.45) is 5.59. The van der Waals surface area contributed by atoms with Crippen LogP contribution >= 0.6 is 11.8 Å². The molecule has 5 heteroatoms. The van der Waals surface area contributed by atoms with Gasteiger partial charge in [0.2, 0.25) is 5.91 Å². The summed E-state index contributed by atoms with van der Waals surface area (Å²) in [5.74, 6) is 0.0643. The van der Waals surface area contributed by atoms with Crippen molar-refractivity contribution < 1.29 is 4.79 Å². The maximum absolute atomic E-state index is 11.9. The van der Waals surface area contributed by atoms with E-state index in [0.29, 0.717) is 0 Å². The number of nitrogens with one attached hydrogen (secondary N) is 1. The molecule has 0 aliphatic heterocycles. The van der Waals surface area contributed by atoms with E-state index in [1.165, 1.54) is 0 Å². The van der Waals surface area contributed by atoms with Gasteiger partial charge in [-0.15, -0.1) is 0 Å². The molecule has 0 aliphatic rings. The Labute approximate surface area is 123 Å². The third-order valence-electron chi connectivity index (χ3n) is 3.22. The van der Waals surface area contributed by atoms with Gasteiger partial charge in [0.25, 0.3) is 0 Å². The lowest BCUT2D eigenvalue weighted by Crippen LogP contribution is -2.32. The van der Waals surface area contributed by atoms with E-state index >= 15 is 0 Å². The first-order valence-electron chi connectivity index (χ1n) is 6.55. The highest BCUT2D eigenvalue weighted by molar-refractivity contribution is 7.99. The van der Waals surface area contributed by atoms with Gasteiger partial charge in [-0.3, -0.25) is 4.79 Å². The Morgan fingerprint density at radius 3 is 2.80 bits per heavy atom. The van der Waals surface area contributed by atoms with Crippen molar-refractivity contribution in [3.63, 3.8) is 0 Å². The predicted molar refractivity (Wildman–Crippen MR) is 83.1 cm³/mol. The van der Waals surface area contributed by atoms with Gasteiger partial charge in [-0.05, 0) is 43.9 Å². The minimum Gasteiger partial charge on any atom is -0.349 e. The van der Waals surface area contributed by atoms with Crippen molar-refractivity contribution in [2.24, 2.45) is 0 Å². The summed E-state index contributed by atoms with van der Waals surface area (Å²) in [4.78, 5) is 11.9. The van der Waals surface area contributed by atoms with Crippen LogP contribution in [0.5, 0.6) is 0 Å². The van der Waals surface area contributed by atoms with Crippen molar-refractivity contribution in [1.82, 2.24) is 15.1 Å². The maximum Gasteiger partial charge on any atom is 0.233 e. The van der Waals surface area contributed by atoms with E-state index in [4.69, 9.17) is 0 Å². The largest absolute Gasteiger partial charge is 0.349 e. The number of hydrogen-bond acceptors (Lipinski definition) is 3. The molecule has 0 fully saturated rings. The van der Waals surface area contributed by atoms with Crippen LogP contribution in [0.3, 0.4) is 0 Å². The van der Waals surface area contributed by atoms with Crippen LogP contribution in [0.15, 0.2) is 42.7 Å². The lowest BCUT2D eigenvalue weighted by molar-refractivity contribution is -0.120. The Hall–Kier alpha value is -1.75. The fourth-order valence-electron chi connectivity index (χ4n) is 1.88. The molecule has 0 unspecified atom stereocenters. The highest BCUT2D eigenvalue weighted by atomic mass is 32.2. The first-order valence-corrected chi connectivity index (χ1v) is 7.83. The van der Waals surface area contributed by atoms with E-state index in [-0.39, 0.29) is 17.2 Å². The number of carbonyl (C=O) groups is 1. The van der Waals surface area contributed by atoms with Gasteiger partial charge in [-0.1, -0.05) is 12.1 Å². The molecule has 4 nitrogen and oxygen atoms in total. The van der Waals surface area contributed by atoms with E-state index in [1.807, 2.05) is 61.3 Å². The zero-order valence-corrected chi connectivity index (χ0v) is 12.7. The van der Waals surface area contributed by atoms with Crippen molar-refractivity contribution in [3.05, 3.63) is 48.3 Å². The predicted octanol–water partition coefficient (Wildman–Crippen LogP) is 2.80. The minimum absolute atomic E-state index is 0.0207. The third kappa shape index (κ3) is 3.42. The molecule has 0 radical (unpaired) electrons. The first kappa shape index (κ1) is 14.7. The summed E-state index contributed by atoms with van der Waals surface area (Å²) in [6, 6.07) is 9.90. The average molecular weight is 289 g/mol. The molecule has 1 N–H and O–H groups in total. The molecular formula is C15H19N3OS. The molecule has 1 aromatic carbocycles. The van der Waals surface area contributed by atoms with Crippen LogP contribution in [0.1, 0.15) is 25.5 Å². The normalized spacial score (nSPS) is 13.8. The lowest BCUT2D eigenvalue weighted by atomic mass is 10.1. The third-order valence-corrected chi connectivity index (χ3v) is 4.14. The second kappa shape index (κ2) is 6.61. The van der Waals surface area contributed by atoms with Crippen molar-refractivity contribution in [2.75, 3.05) is 6.26 Å². The molecule has 1 heterocycles. The number of thioether (sulfide) groups is 1. The van der Waals surface area contributed by atoms with E-state index in [9.17, 15) is 4.79 Å². The van der Waals surface area contributed by atoms with Crippen LogP contribution in [0.4, 0.5) is 0 Å². The average Bonchev–Trinajstić information content (AvgIpc) is 3.00. The maximum atomic E-state index is 11.9. The topological polar surface area (TPSA) is 46.9 Å². The standard InChI is InChI=1S/C15H19N3OS/c1-11(17-15(19)12(2)20-3)13-6-4-7-14(10-13)18-9-5-8-16-18/h4-12H,1-3H3,(H,17,19)/t11-,12-/m1/s1. The van der Waals surface area contributed by atoms with E-state index < -0.39 is 0 Å². The number of rotatable bonds is 5. The summed E-state index contributed by atoms with van der Waals surface area (Å²) < 4.78 is 1.81. The monoisotopic (exact) mass is 289 g/mol. The number of benzene rings is 1. The Morgan fingerprint density at radius 1 is 1.35 bits per heavy atom. The zero-order chi connectivity index (χ0) is 14.5. The first-order chi connectivity index (χ1) is 9.61. The molecule has 0 aliphatic carbocycles. The van der Waals surface area contributed by atoms with E-state index in [0.717, 1.165) is 11.3 Å². The van der Waals surface area contributed by atoms with Crippen molar-refractivity contribution in [2.45, 2.75) is 25.1 Å². The molecule has 106 valence electrons. The van der Waals surface area contributed by atoms with Crippen LogP contribution in [-0.2, 0) is 4.79 Å². The molecule has 2 aromatic rings. The second-order valence-electron chi connectivity index (χ2n) is 4.65. The molecule has 0 bridgehead atoms. The Kier molecular flexibility index (Phi) is 4.84. The molecule has 1 amide bonds. The molecule has 0 saturated heterocycles. The van der Waals surface area contributed by atoms with Gasteiger partial charge in [-0.2, -0.15) is 16.9 Å². The van der Waals surface area contributed by atoms with Crippen molar-refractivity contribution >= 4 is 17.7 Å². The highest BCUT2D eigenvalue weighted by Crippen LogP contribution is 2.17. The fourth-order valence-corrected chi connectivity index (χ4v) is 2.16. The van der Waals surface area contributed by atoms with Gasteiger partial charge in [0.05, 0.1) is 17.0 Å². The Bertz CT molecular complexity index is 568. The molecule has 1 aromatic heterocycles. The number of nitrogens with zero attached hydrogens (tertiary/aromatic N) is 2. The highest BCUT2D eigenvalue weighted by Gasteiger charge is 2.15. The Balaban J connectivity index is 2.13. The van der Waals surface area contributed by atoms with Crippen LogP contribution in [-0.4, -0.2) is 27.2 Å². The second-order valence-corrected chi connectivity index (χ2v) is 5.83. The molecule has 0 spiro atoms. The summed E-state index contributed by atoms with van der Waals surface area (Å²) in [5, 5.41) is 7.21. The van der Waals surface area contributed by atoms with Gasteiger partial charge >= 0.3 is 0 Å². The fraction of sp³-hybridized carbons (Fsp3) is 0.333. The van der Waals surface area contributed by atoms with Crippen molar-refractivity contribution in [1.29, 1.82) is 0 Å².